The number of fused-ring (bicyclic) bond motifs is 2. The molecule has 13 rings (SSSR count). The molecular formula is C75H99N13O7S2. The lowest BCUT2D eigenvalue weighted by molar-refractivity contribution is -0.248. The first-order chi connectivity index (χ1) is 46.3. The predicted octanol–water partition coefficient (Wildman–Crippen LogP) is 13.9. The van der Waals surface area contributed by atoms with Crippen LogP contribution in [0.1, 0.15) is 195 Å². The molecule has 4 saturated carbocycles. The summed E-state index contributed by atoms with van der Waals surface area (Å²) in [6.45, 7) is 22.7. The van der Waals surface area contributed by atoms with Crippen molar-refractivity contribution in [2.75, 3.05) is 50.1 Å². The van der Waals surface area contributed by atoms with Gasteiger partial charge in [-0.2, -0.15) is 5.10 Å². The molecule has 22 heteroatoms. The van der Waals surface area contributed by atoms with Crippen LogP contribution in [0.25, 0.3) is 31.8 Å². The van der Waals surface area contributed by atoms with E-state index in [0.29, 0.717) is 42.6 Å². The summed E-state index contributed by atoms with van der Waals surface area (Å²) in [5, 5.41) is 46.1. The highest BCUT2D eigenvalue weighted by molar-refractivity contribution is 7.22. The Morgan fingerprint density at radius 3 is 2.26 bits per heavy atom. The number of likely N-dealkylation sites (N-methyl/N-ethyl adjacent to an activating group) is 1. The predicted molar refractivity (Wildman–Crippen MR) is 383 cm³/mol. The van der Waals surface area contributed by atoms with Gasteiger partial charge in [-0.15, -0.1) is 21.5 Å². The van der Waals surface area contributed by atoms with E-state index in [1.54, 1.807) is 22.7 Å². The number of rotatable bonds is 28. The lowest BCUT2D eigenvalue weighted by Gasteiger charge is -2.69. The number of carboxylic acid groups (broad SMARTS) is 1. The monoisotopic (exact) mass is 1360 g/mol. The number of amides is 3. The number of β-amino-alcohol motifs (C(OH)–C–C–N with tert-alkyl or cyclic N) is 1. The van der Waals surface area contributed by atoms with Gasteiger partial charge in [0.1, 0.15) is 17.9 Å². The molecule has 4 bridgehead atoms. The van der Waals surface area contributed by atoms with E-state index in [9.17, 15) is 29.4 Å². The highest BCUT2D eigenvalue weighted by atomic mass is 32.1. The Kier molecular flexibility index (Phi) is 20.5. The molecule has 7 aromatic rings. The Morgan fingerprint density at radius 1 is 0.835 bits per heavy atom. The summed E-state index contributed by atoms with van der Waals surface area (Å²) in [5.74, 6) is -0.0766. The molecular weight excluding hydrogens is 1260 g/mol. The van der Waals surface area contributed by atoms with Gasteiger partial charge in [-0.25, -0.2) is 19.7 Å². The van der Waals surface area contributed by atoms with Crippen molar-refractivity contribution in [3.8, 4) is 21.6 Å². The maximum atomic E-state index is 14.2. The van der Waals surface area contributed by atoms with Crippen molar-refractivity contribution < 1.29 is 34.1 Å². The molecule has 2 aromatic carbocycles. The number of aromatic carboxylic acids is 1. The van der Waals surface area contributed by atoms with Crippen LogP contribution in [0.4, 0.5) is 22.6 Å². The number of aromatic nitrogens is 7. The molecule has 2 aliphatic heterocycles. The fourth-order valence-electron chi connectivity index (χ4n) is 17.8. The standard InChI is InChI=1S/C75H99N13O7S2/c1-47-54-22-21-33-86(66(54)84-83-65(47)82-70-79-57-23-18-19-24-59(57)97-70)60-31-30-55(62(80-60)69(93)94)56-37-77-88(50(56)4)45-74-40-72(8)39-73(9,41-74)43-75(42-72,44-74)95-35-34-85(10)32-20-16-14-12-11-13-15-17-25-61(90)81-64(71(5,6)7)68(92)87-38-53(89)36-58(87)67(91)78-48(2)51-26-28-52(29-27-51)63-49(3)76-46-96-63/h18-19,23-24,26-31,37,46,48,53,58,64,89H,11-17,20-22,25,32-36,38-45H2,1-10H3,(H,78,91)(H,81,90)(H,93,94)(H,79,82,83)/t48-,53+,58-,64+,72?,73?,74?,75?/m0/s1. The van der Waals surface area contributed by atoms with Crippen molar-refractivity contribution in [3.63, 3.8) is 0 Å². The van der Waals surface area contributed by atoms with Crippen molar-refractivity contribution in [2.45, 2.75) is 214 Å². The van der Waals surface area contributed by atoms with Gasteiger partial charge in [0.15, 0.2) is 22.5 Å². The molecule has 0 spiro atoms. The Labute approximate surface area is 579 Å². The van der Waals surface area contributed by atoms with Crippen LogP contribution in [0.3, 0.4) is 0 Å². The number of unbranched alkanes of at least 4 members (excludes halogenated alkanes) is 7. The highest BCUT2D eigenvalue weighted by Crippen LogP contribution is 2.72. The van der Waals surface area contributed by atoms with Gasteiger partial charge in [0, 0.05) is 67.0 Å². The number of hydrogen-bond acceptors (Lipinski definition) is 17. The summed E-state index contributed by atoms with van der Waals surface area (Å²) in [6.07, 6.45) is 18.2. The highest BCUT2D eigenvalue weighted by Gasteiger charge is 2.66. The summed E-state index contributed by atoms with van der Waals surface area (Å²) >= 11 is 3.16. The van der Waals surface area contributed by atoms with Gasteiger partial charge < -0.3 is 45.6 Å². The number of benzene rings is 2. The van der Waals surface area contributed by atoms with E-state index in [0.717, 1.165) is 163 Å². The lowest BCUT2D eigenvalue weighted by atomic mass is 9.39. The van der Waals surface area contributed by atoms with Gasteiger partial charge in [-0.05, 0) is 163 Å². The molecule has 1 saturated heterocycles. The van der Waals surface area contributed by atoms with Crippen molar-refractivity contribution >= 4 is 79.2 Å². The molecule has 20 nitrogen and oxygen atoms in total. The molecule has 5 N–H and O–H groups in total. The Morgan fingerprint density at radius 2 is 1.56 bits per heavy atom. The number of ether oxygens (including phenoxy) is 1. The average Bonchev–Trinajstić information content (AvgIpc) is 1.38. The van der Waals surface area contributed by atoms with E-state index in [2.05, 4.69) is 69.5 Å². The zero-order chi connectivity index (χ0) is 68.6. The summed E-state index contributed by atoms with van der Waals surface area (Å²) in [7, 11) is 2.21. The minimum absolute atomic E-state index is 0.00207. The number of hydrogen-bond donors (Lipinski definition) is 5. The number of thiazole rings is 2. The number of carbonyl (C=O) groups excluding carboxylic acids is 3. The van der Waals surface area contributed by atoms with E-state index < -0.39 is 29.6 Å². The lowest BCUT2D eigenvalue weighted by Crippen LogP contribution is -2.64. The number of likely N-dealkylation sites (tertiary alicyclic amines) is 1. The van der Waals surface area contributed by atoms with Gasteiger partial charge in [0.2, 0.25) is 17.7 Å². The number of carboxylic acids is 1. The Hall–Kier alpha value is -7.24. The number of para-hydroxylation sites is 1. The number of aliphatic hydroxyl groups is 1. The van der Waals surface area contributed by atoms with Gasteiger partial charge in [0.05, 0.1) is 56.8 Å². The number of aryl methyl sites for hydroxylation is 1. The molecule has 4 aliphatic carbocycles. The second kappa shape index (κ2) is 28.5. The van der Waals surface area contributed by atoms with E-state index in [1.165, 1.54) is 24.2 Å². The Balaban J connectivity index is 0.567. The number of aliphatic hydroxyl groups excluding tert-OH is 1. The fraction of sp³-hybridized carbons (Fsp3) is 0.573. The van der Waals surface area contributed by atoms with Crippen LogP contribution >= 0.6 is 22.7 Å². The molecule has 2 unspecified atom stereocenters. The molecule has 5 aromatic heterocycles. The number of carbonyl (C=O) groups is 4. The van der Waals surface area contributed by atoms with Gasteiger partial charge in [-0.3, -0.25) is 19.1 Å². The quantitative estimate of drug-likeness (QED) is 0.0286. The molecule has 3 amide bonds. The zero-order valence-corrected chi connectivity index (χ0v) is 60.1. The number of anilines is 4. The topological polar surface area (TPSA) is 246 Å². The first kappa shape index (κ1) is 69.7. The zero-order valence-electron chi connectivity index (χ0n) is 58.4. The minimum Gasteiger partial charge on any atom is -0.476 e. The third-order valence-electron chi connectivity index (χ3n) is 21.4. The van der Waals surface area contributed by atoms with E-state index >= 15 is 0 Å². The summed E-state index contributed by atoms with van der Waals surface area (Å²) in [5.41, 5.74) is 9.52. The van der Waals surface area contributed by atoms with Crippen LogP contribution in [-0.2, 0) is 32.1 Å². The summed E-state index contributed by atoms with van der Waals surface area (Å²) in [4.78, 5) is 75.5. The average molecular weight is 1360 g/mol. The SMILES string of the molecule is Cc1ncsc1-c1ccc([C@H](C)NC(=O)[C@@H]2C[C@@H](O)CN2C(=O)[C@@H](NC(=O)CCCCCCCCCCN(C)CCOC23CC4(C)CC(C)(CC(Cn5ncc(-c6ccc(N7CCCc8c7nnc(Nc7nc9ccccc9s7)c8C)nc6C(=O)O)c5C)(C4)C2)C3)C(C)(C)C)cc1. The number of nitrogens with zero attached hydrogens (tertiary/aromatic N) is 10. The molecule has 7 heterocycles. The molecule has 6 aliphatic rings. The van der Waals surface area contributed by atoms with Crippen molar-refractivity contribution in [3.05, 3.63) is 106 Å². The van der Waals surface area contributed by atoms with Gasteiger partial charge >= 0.3 is 5.97 Å². The second-order valence-corrected chi connectivity index (χ2v) is 32.9. The van der Waals surface area contributed by atoms with Crippen molar-refractivity contribution in [1.29, 1.82) is 0 Å². The summed E-state index contributed by atoms with van der Waals surface area (Å²) in [6, 6.07) is 17.8. The van der Waals surface area contributed by atoms with Crippen LogP contribution in [0.15, 0.2) is 72.4 Å². The first-order valence-corrected chi connectivity index (χ1v) is 36.9. The molecule has 518 valence electrons. The van der Waals surface area contributed by atoms with Crippen LogP contribution in [0, 0.1) is 42.4 Å². The maximum Gasteiger partial charge on any atom is 0.355 e. The largest absolute Gasteiger partial charge is 0.476 e. The molecule has 0 radical (unpaired) electrons. The minimum atomic E-state index is -1.09. The third-order valence-corrected chi connectivity index (χ3v) is 23.4. The summed E-state index contributed by atoms with van der Waals surface area (Å²) < 4.78 is 10.4. The maximum absolute atomic E-state index is 14.2. The van der Waals surface area contributed by atoms with Crippen LogP contribution < -0.4 is 20.9 Å². The van der Waals surface area contributed by atoms with Gasteiger partial charge in [0.25, 0.3) is 0 Å². The fourth-order valence-corrected chi connectivity index (χ4v) is 19.4. The smallest absolute Gasteiger partial charge is 0.355 e. The van der Waals surface area contributed by atoms with E-state index in [4.69, 9.17) is 24.9 Å². The Bertz CT molecular complexity index is 3960. The number of nitrogens with one attached hydrogen (secondary N) is 3. The van der Waals surface area contributed by atoms with Crippen molar-refractivity contribution in [2.24, 2.45) is 21.7 Å². The third kappa shape index (κ3) is 15.5. The van der Waals surface area contributed by atoms with Crippen molar-refractivity contribution in [1.82, 2.24) is 55.4 Å². The van der Waals surface area contributed by atoms with Crippen LogP contribution in [0.5, 0.6) is 0 Å². The first-order valence-electron chi connectivity index (χ1n) is 35.2. The second-order valence-electron chi connectivity index (χ2n) is 31.0. The van der Waals surface area contributed by atoms with Gasteiger partial charge in [-0.1, -0.05) is 121 Å². The van der Waals surface area contributed by atoms with E-state index in [1.807, 2.05) is 113 Å². The van der Waals surface area contributed by atoms with E-state index in [-0.39, 0.29) is 64.3 Å². The normalized spacial score (nSPS) is 23.5. The van der Waals surface area contributed by atoms with Crippen LogP contribution in [0.2, 0.25) is 0 Å². The van der Waals surface area contributed by atoms with Crippen LogP contribution in [-0.4, -0.2) is 142 Å². The molecule has 6 atom stereocenters. The molecule has 5 fully saturated rings. The molecule has 97 heavy (non-hydrogen) atoms. The number of pyridine rings is 1.